The molecule has 1 aromatic carbocycles. The van der Waals surface area contributed by atoms with Crippen LogP contribution >= 0.6 is 0 Å². The van der Waals surface area contributed by atoms with Crippen LogP contribution in [0.2, 0.25) is 0 Å². The fourth-order valence-electron chi connectivity index (χ4n) is 3.57. The van der Waals surface area contributed by atoms with E-state index in [4.69, 9.17) is 4.42 Å². The molecule has 5 nitrogen and oxygen atoms in total. The minimum atomic E-state index is -0.282. The monoisotopic (exact) mass is 355 g/mol. The van der Waals surface area contributed by atoms with Crippen LogP contribution in [-0.4, -0.2) is 41.6 Å². The molecular formula is C20H22FN3O2. The Labute approximate surface area is 151 Å². The van der Waals surface area contributed by atoms with Gasteiger partial charge in [0, 0.05) is 24.7 Å². The number of nitrogens with one attached hydrogen (secondary N) is 1. The first-order chi connectivity index (χ1) is 12.6. The van der Waals surface area contributed by atoms with Crippen LogP contribution in [0.4, 0.5) is 4.39 Å². The average molecular weight is 355 g/mol. The Hall–Kier alpha value is -2.60. The molecule has 1 fully saturated rings. The Balaban J connectivity index is 1.60. The topological polar surface area (TPSA) is 50.4 Å². The summed E-state index contributed by atoms with van der Waals surface area (Å²) >= 11 is 0. The van der Waals surface area contributed by atoms with Crippen molar-refractivity contribution in [1.82, 2.24) is 14.8 Å². The van der Waals surface area contributed by atoms with E-state index in [9.17, 15) is 9.18 Å². The summed E-state index contributed by atoms with van der Waals surface area (Å²) in [5.41, 5.74) is 2.84. The molecule has 1 amide bonds. The molecule has 1 aliphatic rings. The molecule has 4 rings (SSSR count). The Morgan fingerprint density at radius 1 is 1.27 bits per heavy atom. The molecule has 1 N–H and O–H groups in total. The number of nitrogens with zero attached hydrogens (tertiary/aromatic N) is 2. The van der Waals surface area contributed by atoms with Gasteiger partial charge in [0.1, 0.15) is 11.5 Å². The molecule has 1 saturated heterocycles. The van der Waals surface area contributed by atoms with Gasteiger partial charge in [0.15, 0.2) is 5.58 Å². The Morgan fingerprint density at radius 2 is 2.08 bits per heavy atom. The molecule has 0 aliphatic carbocycles. The Bertz CT molecular complexity index is 922. The van der Waals surface area contributed by atoms with Gasteiger partial charge in [0.2, 0.25) is 0 Å². The quantitative estimate of drug-likeness (QED) is 0.782. The van der Waals surface area contributed by atoms with Gasteiger partial charge >= 0.3 is 0 Å². The zero-order valence-electron chi connectivity index (χ0n) is 14.7. The molecule has 136 valence electrons. The normalized spacial score (nSPS) is 16.2. The van der Waals surface area contributed by atoms with Gasteiger partial charge < -0.3 is 19.2 Å². The summed E-state index contributed by atoms with van der Waals surface area (Å²) in [5.74, 6) is -0.391. The number of hydrogen-bond acceptors (Lipinski definition) is 3. The average Bonchev–Trinajstić information content (AvgIpc) is 3.20. The van der Waals surface area contributed by atoms with Gasteiger partial charge in [-0.2, -0.15) is 0 Å². The number of rotatable bonds is 4. The zero-order chi connectivity index (χ0) is 18.1. The van der Waals surface area contributed by atoms with Gasteiger partial charge in [-0.3, -0.25) is 4.79 Å². The first kappa shape index (κ1) is 16.8. The van der Waals surface area contributed by atoms with Crippen molar-refractivity contribution in [2.24, 2.45) is 0 Å². The van der Waals surface area contributed by atoms with Crippen molar-refractivity contribution < 1.29 is 13.6 Å². The predicted molar refractivity (Wildman–Crippen MR) is 97.7 cm³/mol. The molecule has 1 aliphatic heterocycles. The van der Waals surface area contributed by atoms with Crippen molar-refractivity contribution in [3.63, 3.8) is 0 Å². The smallest absolute Gasteiger partial charge is 0.268 e. The Morgan fingerprint density at radius 3 is 2.85 bits per heavy atom. The van der Waals surface area contributed by atoms with E-state index in [0.29, 0.717) is 17.8 Å². The van der Waals surface area contributed by atoms with E-state index in [2.05, 4.69) is 17.3 Å². The standard InChI is InChI=1S/C20H22FN3O2/c1-23-8-5-16(6-9-23)22-20(25)18-12-19-17(7-10-26-19)24(18)13-14-3-2-4-15(21)11-14/h2-4,7,10-12,16H,5-6,8-9,13H2,1H3,(H,22,25). The minimum Gasteiger partial charge on any atom is -0.463 e. The second kappa shape index (κ2) is 6.96. The van der Waals surface area contributed by atoms with Crippen LogP contribution in [-0.2, 0) is 6.54 Å². The molecule has 3 heterocycles. The van der Waals surface area contributed by atoms with Crippen molar-refractivity contribution in [2.75, 3.05) is 20.1 Å². The van der Waals surface area contributed by atoms with E-state index in [0.717, 1.165) is 37.0 Å². The second-order valence-corrected chi connectivity index (χ2v) is 6.97. The highest BCUT2D eigenvalue weighted by atomic mass is 19.1. The van der Waals surface area contributed by atoms with E-state index in [1.165, 1.54) is 12.1 Å². The third kappa shape index (κ3) is 3.37. The highest BCUT2D eigenvalue weighted by molar-refractivity contribution is 5.97. The van der Waals surface area contributed by atoms with Crippen LogP contribution < -0.4 is 5.32 Å². The van der Waals surface area contributed by atoms with E-state index in [1.807, 2.05) is 16.7 Å². The molecule has 0 bridgehead atoms. The number of carbonyl (C=O) groups is 1. The highest BCUT2D eigenvalue weighted by Crippen LogP contribution is 2.23. The van der Waals surface area contributed by atoms with Gasteiger partial charge in [-0.25, -0.2) is 4.39 Å². The fourth-order valence-corrected chi connectivity index (χ4v) is 3.57. The summed E-state index contributed by atoms with van der Waals surface area (Å²) in [4.78, 5) is 15.1. The van der Waals surface area contributed by atoms with Crippen LogP contribution in [0.1, 0.15) is 28.9 Å². The number of amides is 1. The minimum absolute atomic E-state index is 0.109. The molecule has 0 atom stereocenters. The van der Waals surface area contributed by atoms with E-state index < -0.39 is 0 Å². The molecule has 0 spiro atoms. The number of carbonyl (C=O) groups excluding carboxylic acids is 1. The van der Waals surface area contributed by atoms with Crippen LogP contribution in [0, 0.1) is 5.82 Å². The van der Waals surface area contributed by atoms with Crippen LogP contribution in [0.3, 0.4) is 0 Å². The molecule has 0 unspecified atom stereocenters. The van der Waals surface area contributed by atoms with Crippen molar-refractivity contribution in [2.45, 2.75) is 25.4 Å². The van der Waals surface area contributed by atoms with Crippen molar-refractivity contribution in [1.29, 1.82) is 0 Å². The van der Waals surface area contributed by atoms with E-state index >= 15 is 0 Å². The summed E-state index contributed by atoms with van der Waals surface area (Å²) in [7, 11) is 2.09. The van der Waals surface area contributed by atoms with Gasteiger partial charge in [-0.05, 0) is 50.7 Å². The first-order valence-electron chi connectivity index (χ1n) is 8.91. The molecule has 3 aromatic rings. The maximum absolute atomic E-state index is 13.5. The number of hydrogen-bond donors (Lipinski definition) is 1. The number of likely N-dealkylation sites (tertiary alicyclic amines) is 1. The molecule has 6 heteroatoms. The number of benzene rings is 1. The van der Waals surface area contributed by atoms with Gasteiger partial charge in [-0.15, -0.1) is 0 Å². The van der Waals surface area contributed by atoms with Gasteiger partial charge in [-0.1, -0.05) is 12.1 Å². The number of aromatic nitrogens is 1. The Kier molecular flexibility index (Phi) is 4.51. The van der Waals surface area contributed by atoms with Gasteiger partial charge in [0.05, 0.1) is 11.8 Å². The number of fused-ring (bicyclic) bond motifs is 1. The third-order valence-corrected chi connectivity index (χ3v) is 5.04. The van der Waals surface area contributed by atoms with E-state index in [1.54, 1.807) is 18.4 Å². The zero-order valence-corrected chi connectivity index (χ0v) is 14.7. The molecule has 2 aromatic heterocycles. The lowest BCUT2D eigenvalue weighted by Gasteiger charge is -2.29. The summed E-state index contributed by atoms with van der Waals surface area (Å²) in [6.45, 7) is 2.38. The van der Waals surface area contributed by atoms with Crippen LogP contribution in [0.25, 0.3) is 11.1 Å². The lowest BCUT2D eigenvalue weighted by Crippen LogP contribution is -2.43. The maximum Gasteiger partial charge on any atom is 0.268 e. The lowest BCUT2D eigenvalue weighted by molar-refractivity contribution is 0.0908. The molecule has 0 saturated carbocycles. The van der Waals surface area contributed by atoms with E-state index in [-0.39, 0.29) is 17.8 Å². The predicted octanol–water partition coefficient (Wildman–Crippen LogP) is 3.25. The third-order valence-electron chi connectivity index (χ3n) is 5.04. The molecular weight excluding hydrogens is 333 g/mol. The number of piperidine rings is 1. The molecule has 26 heavy (non-hydrogen) atoms. The van der Waals surface area contributed by atoms with Crippen molar-refractivity contribution in [3.8, 4) is 0 Å². The van der Waals surface area contributed by atoms with Gasteiger partial charge in [0.25, 0.3) is 5.91 Å². The first-order valence-corrected chi connectivity index (χ1v) is 8.91. The van der Waals surface area contributed by atoms with Crippen molar-refractivity contribution >= 4 is 17.0 Å². The largest absolute Gasteiger partial charge is 0.463 e. The van der Waals surface area contributed by atoms with Crippen molar-refractivity contribution in [3.05, 3.63) is 59.7 Å². The summed E-state index contributed by atoms with van der Waals surface area (Å²) in [6.07, 6.45) is 3.50. The SMILES string of the molecule is CN1CCC(NC(=O)c2cc3occc3n2Cc2cccc(F)c2)CC1. The lowest BCUT2D eigenvalue weighted by atomic mass is 10.1. The second-order valence-electron chi connectivity index (χ2n) is 6.97. The van der Waals surface area contributed by atoms with Crippen LogP contribution in [0.15, 0.2) is 47.1 Å². The maximum atomic E-state index is 13.5. The number of furan rings is 1. The summed E-state index contributed by atoms with van der Waals surface area (Å²) < 4.78 is 20.9. The fraction of sp³-hybridized carbons (Fsp3) is 0.350. The van der Waals surface area contributed by atoms with Crippen LogP contribution in [0.5, 0.6) is 0 Å². The summed E-state index contributed by atoms with van der Waals surface area (Å²) in [6, 6.07) is 10.2. The molecule has 0 radical (unpaired) electrons. The number of halogens is 1. The highest BCUT2D eigenvalue weighted by Gasteiger charge is 2.22. The summed E-state index contributed by atoms with van der Waals surface area (Å²) in [5, 5.41) is 3.14.